The lowest BCUT2D eigenvalue weighted by molar-refractivity contribution is 0.393. The van der Waals surface area contributed by atoms with Crippen LogP contribution in [0.15, 0.2) is 27.7 Å². The van der Waals surface area contributed by atoms with Crippen molar-refractivity contribution in [2.45, 2.75) is 34.1 Å². The van der Waals surface area contributed by atoms with Crippen molar-refractivity contribution >= 4 is 11.9 Å². The van der Waals surface area contributed by atoms with E-state index < -0.39 is 0 Å². The van der Waals surface area contributed by atoms with Gasteiger partial charge in [-0.2, -0.15) is 0 Å². The highest BCUT2D eigenvalue weighted by molar-refractivity contribution is 5.72. The standard InChI is InChI=1S/C15H18N2O/c1-5-8-16-14-7-6-13(9-10(14)2)15-11(3)17-18-12(15)4/h6-9H,5H2,1-4H3/b16-8-. The Hall–Kier alpha value is -1.90. The SMILES string of the molecule is CC/C=N\c1ccc(-c2c(C)noc2C)cc1C. The molecule has 3 nitrogen and oxygen atoms in total. The van der Waals surface area contributed by atoms with E-state index in [0.29, 0.717) is 0 Å². The minimum Gasteiger partial charge on any atom is -0.361 e. The Morgan fingerprint density at radius 2 is 2.06 bits per heavy atom. The molecule has 0 atom stereocenters. The molecule has 94 valence electrons. The Labute approximate surface area is 108 Å². The smallest absolute Gasteiger partial charge is 0.141 e. The highest BCUT2D eigenvalue weighted by atomic mass is 16.5. The van der Waals surface area contributed by atoms with Crippen LogP contribution in [0.3, 0.4) is 0 Å². The minimum atomic E-state index is 0.858. The number of nitrogens with zero attached hydrogens (tertiary/aromatic N) is 2. The average molecular weight is 242 g/mol. The van der Waals surface area contributed by atoms with Gasteiger partial charge in [0.25, 0.3) is 0 Å². The molecule has 2 aromatic rings. The molecule has 0 amide bonds. The van der Waals surface area contributed by atoms with Gasteiger partial charge in [0.2, 0.25) is 0 Å². The summed E-state index contributed by atoms with van der Waals surface area (Å²) in [4.78, 5) is 4.43. The Kier molecular flexibility index (Phi) is 3.60. The van der Waals surface area contributed by atoms with Crippen LogP contribution in [0.5, 0.6) is 0 Å². The molecule has 1 aromatic carbocycles. The third-order valence-corrected chi connectivity index (χ3v) is 2.93. The van der Waals surface area contributed by atoms with Crippen molar-refractivity contribution in [3.8, 4) is 11.1 Å². The molecule has 0 aliphatic rings. The Balaban J connectivity index is 2.43. The van der Waals surface area contributed by atoms with Crippen molar-refractivity contribution in [2.75, 3.05) is 0 Å². The minimum absolute atomic E-state index is 0.858. The van der Waals surface area contributed by atoms with Crippen molar-refractivity contribution in [2.24, 2.45) is 4.99 Å². The number of hydrogen-bond donors (Lipinski definition) is 0. The first-order chi connectivity index (χ1) is 8.63. The molecule has 1 aromatic heterocycles. The third kappa shape index (κ3) is 2.35. The first kappa shape index (κ1) is 12.6. The average Bonchev–Trinajstić information content (AvgIpc) is 2.68. The van der Waals surface area contributed by atoms with Crippen molar-refractivity contribution in [3.63, 3.8) is 0 Å². The zero-order chi connectivity index (χ0) is 13.1. The molecule has 0 radical (unpaired) electrons. The summed E-state index contributed by atoms with van der Waals surface area (Å²) in [7, 11) is 0. The zero-order valence-corrected chi connectivity index (χ0v) is 11.3. The van der Waals surface area contributed by atoms with Gasteiger partial charge in [0, 0.05) is 11.8 Å². The number of benzene rings is 1. The fraction of sp³-hybridized carbons (Fsp3) is 0.333. The van der Waals surface area contributed by atoms with Crippen LogP contribution in [-0.2, 0) is 0 Å². The van der Waals surface area contributed by atoms with Crippen LogP contribution in [0.2, 0.25) is 0 Å². The fourth-order valence-corrected chi connectivity index (χ4v) is 2.04. The molecule has 0 bridgehead atoms. The molecule has 0 saturated carbocycles. The Morgan fingerprint density at radius 3 is 2.61 bits per heavy atom. The second kappa shape index (κ2) is 5.17. The summed E-state index contributed by atoms with van der Waals surface area (Å²) in [5, 5.41) is 3.99. The van der Waals surface area contributed by atoms with Gasteiger partial charge in [0.1, 0.15) is 5.76 Å². The van der Waals surface area contributed by atoms with E-state index in [1.807, 2.05) is 26.1 Å². The number of aliphatic imine (C=N–C) groups is 1. The van der Waals surface area contributed by atoms with Gasteiger partial charge < -0.3 is 4.52 Å². The van der Waals surface area contributed by atoms with Gasteiger partial charge in [0.05, 0.1) is 11.4 Å². The fourth-order valence-electron chi connectivity index (χ4n) is 2.04. The number of aryl methyl sites for hydroxylation is 3. The van der Waals surface area contributed by atoms with Gasteiger partial charge in [0.15, 0.2) is 0 Å². The molecule has 2 rings (SSSR count). The molecule has 0 unspecified atom stereocenters. The van der Waals surface area contributed by atoms with Crippen LogP contribution in [0.1, 0.15) is 30.4 Å². The normalized spacial score (nSPS) is 11.3. The lowest BCUT2D eigenvalue weighted by atomic mass is 10.0. The lowest BCUT2D eigenvalue weighted by Crippen LogP contribution is -1.84. The molecule has 3 heteroatoms. The largest absolute Gasteiger partial charge is 0.361 e. The van der Waals surface area contributed by atoms with Gasteiger partial charge >= 0.3 is 0 Å². The molecule has 1 heterocycles. The van der Waals surface area contributed by atoms with Gasteiger partial charge in [-0.15, -0.1) is 0 Å². The summed E-state index contributed by atoms with van der Waals surface area (Å²) in [5.74, 6) is 0.858. The maximum Gasteiger partial charge on any atom is 0.141 e. The molecule has 0 aliphatic heterocycles. The lowest BCUT2D eigenvalue weighted by Gasteiger charge is -2.05. The van der Waals surface area contributed by atoms with E-state index in [0.717, 1.165) is 40.3 Å². The zero-order valence-electron chi connectivity index (χ0n) is 11.3. The van der Waals surface area contributed by atoms with Crippen molar-refractivity contribution < 1.29 is 4.52 Å². The van der Waals surface area contributed by atoms with E-state index in [1.54, 1.807) is 0 Å². The Bertz CT molecular complexity index is 563. The first-order valence-electron chi connectivity index (χ1n) is 6.20. The molecular formula is C15H18N2O. The van der Waals surface area contributed by atoms with Crippen LogP contribution in [0, 0.1) is 20.8 Å². The van der Waals surface area contributed by atoms with E-state index in [-0.39, 0.29) is 0 Å². The predicted octanol–water partition coefficient (Wildman–Crippen LogP) is 4.38. The maximum atomic E-state index is 5.21. The van der Waals surface area contributed by atoms with Crippen LogP contribution in [0.25, 0.3) is 11.1 Å². The van der Waals surface area contributed by atoms with Crippen LogP contribution in [0.4, 0.5) is 5.69 Å². The van der Waals surface area contributed by atoms with Gasteiger partial charge in [-0.1, -0.05) is 18.1 Å². The third-order valence-electron chi connectivity index (χ3n) is 2.93. The maximum absolute atomic E-state index is 5.21. The van der Waals surface area contributed by atoms with E-state index in [1.165, 1.54) is 0 Å². The highest BCUT2D eigenvalue weighted by Crippen LogP contribution is 2.30. The van der Waals surface area contributed by atoms with Gasteiger partial charge in [-0.05, 0) is 50.5 Å². The predicted molar refractivity (Wildman–Crippen MR) is 74.6 cm³/mol. The van der Waals surface area contributed by atoms with Crippen LogP contribution < -0.4 is 0 Å². The molecule has 0 fully saturated rings. The van der Waals surface area contributed by atoms with Gasteiger partial charge in [-0.25, -0.2) is 0 Å². The Morgan fingerprint density at radius 1 is 1.28 bits per heavy atom. The van der Waals surface area contributed by atoms with Gasteiger partial charge in [-0.3, -0.25) is 4.99 Å². The summed E-state index contributed by atoms with van der Waals surface area (Å²) < 4.78 is 5.21. The summed E-state index contributed by atoms with van der Waals surface area (Å²) in [5.41, 5.74) is 5.34. The summed E-state index contributed by atoms with van der Waals surface area (Å²) in [6, 6.07) is 6.25. The molecule has 0 spiro atoms. The second-order valence-electron chi connectivity index (χ2n) is 4.42. The van der Waals surface area contributed by atoms with Crippen LogP contribution in [-0.4, -0.2) is 11.4 Å². The molecule has 18 heavy (non-hydrogen) atoms. The van der Waals surface area contributed by atoms with Crippen LogP contribution >= 0.6 is 0 Å². The van der Waals surface area contributed by atoms with E-state index >= 15 is 0 Å². The summed E-state index contributed by atoms with van der Waals surface area (Å²) >= 11 is 0. The number of rotatable bonds is 3. The van der Waals surface area contributed by atoms with Crippen molar-refractivity contribution in [3.05, 3.63) is 35.2 Å². The van der Waals surface area contributed by atoms with E-state index in [4.69, 9.17) is 4.52 Å². The molecular weight excluding hydrogens is 224 g/mol. The first-order valence-corrected chi connectivity index (χ1v) is 6.20. The van der Waals surface area contributed by atoms with E-state index in [9.17, 15) is 0 Å². The summed E-state index contributed by atoms with van der Waals surface area (Å²) in [6.07, 6.45) is 2.88. The topological polar surface area (TPSA) is 38.4 Å². The number of hydrogen-bond acceptors (Lipinski definition) is 3. The highest BCUT2D eigenvalue weighted by Gasteiger charge is 2.11. The molecule has 0 aliphatic carbocycles. The number of aromatic nitrogens is 1. The van der Waals surface area contributed by atoms with Crippen molar-refractivity contribution in [1.82, 2.24) is 5.16 Å². The molecule has 0 N–H and O–H groups in total. The second-order valence-corrected chi connectivity index (χ2v) is 4.42. The van der Waals surface area contributed by atoms with E-state index in [2.05, 4.69) is 36.1 Å². The molecule has 0 saturated heterocycles. The monoisotopic (exact) mass is 242 g/mol. The van der Waals surface area contributed by atoms with Crippen molar-refractivity contribution in [1.29, 1.82) is 0 Å². The summed E-state index contributed by atoms with van der Waals surface area (Å²) in [6.45, 7) is 8.05. The quantitative estimate of drug-likeness (QED) is 0.749.